The number of carboxylic acids is 1. The van der Waals surface area contributed by atoms with Crippen LogP contribution in [0.5, 0.6) is 0 Å². The first-order valence-corrected chi connectivity index (χ1v) is 7.15. The maximum absolute atomic E-state index is 12.5. The maximum atomic E-state index is 12.5. The summed E-state index contributed by atoms with van der Waals surface area (Å²) in [5, 5.41) is 8.88. The van der Waals surface area contributed by atoms with E-state index in [1.54, 1.807) is 30.3 Å². The Morgan fingerprint density at radius 2 is 2.00 bits per heavy atom. The molecular formula is C15H23N3O3. The van der Waals surface area contributed by atoms with Crippen LogP contribution in [0.4, 0.5) is 0 Å². The molecule has 1 fully saturated rings. The Morgan fingerprint density at radius 1 is 1.33 bits per heavy atom. The average Bonchev–Trinajstić information content (AvgIpc) is 2.79. The minimum Gasteiger partial charge on any atom is -0.480 e. The van der Waals surface area contributed by atoms with Crippen LogP contribution in [0.25, 0.3) is 0 Å². The molecule has 0 radical (unpaired) electrons. The van der Waals surface area contributed by atoms with E-state index in [0.29, 0.717) is 12.2 Å². The standard InChI is InChI=1S/C15H23N3O3/c1-16(2)15(7-5-8-15)11-17(3)14(21)12-6-4-9-18(12)10-13(19)20/h4,6,9H,5,7-8,10-11H2,1-3H3,(H,19,20). The highest BCUT2D eigenvalue weighted by atomic mass is 16.4. The van der Waals surface area contributed by atoms with Crippen LogP contribution < -0.4 is 0 Å². The normalized spacial score (nSPS) is 16.6. The molecule has 6 heteroatoms. The van der Waals surface area contributed by atoms with Crippen LogP contribution >= 0.6 is 0 Å². The van der Waals surface area contributed by atoms with Gasteiger partial charge in [-0.3, -0.25) is 9.59 Å². The number of amides is 1. The molecule has 0 spiro atoms. The van der Waals surface area contributed by atoms with Crippen LogP contribution in [-0.4, -0.2) is 64.6 Å². The predicted molar refractivity (Wildman–Crippen MR) is 79.3 cm³/mol. The van der Waals surface area contributed by atoms with Crippen molar-refractivity contribution in [1.29, 1.82) is 0 Å². The van der Waals surface area contributed by atoms with Gasteiger partial charge in [-0.15, -0.1) is 0 Å². The number of carboxylic acid groups (broad SMARTS) is 1. The summed E-state index contributed by atoms with van der Waals surface area (Å²) in [4.78, 5) is 27.3. The van der Waals surface area contributed by atoms with Crippen LogP contribution in [-0.2, 0) is 11.3 Å². The quantitative estimate of drug-likeness (QED) is 0.854. The van der Waals surface area contributed by atoms with Gasteiger partial charge in [0, 0.05) is 25.3 Å². The van der Waals surface area contributed by atoms with Crippen LogP contribution in [0, 0.1) is 0 Å². The van der Waals surface area contributed by atoms with Gasteiger partial charge >= 0.3 is 5.97 Å². The van der Waals surface area contributed by atoms with Crippen molar-refractivity contribution in [2.75, 3.05) is 27.7 Å². The van der Waals surface area contributed by atoms with Gasteiger partial charge in [-0.05, 0) is 45.5 Å². The van der Waals surface area contributed by atoms with Crippen molar-refractivity contribution in [3.63, 3.8) is 0 Å². The second-order valence-electron chi connectivity index (χ2n) is 6.05. The molecule has 1 heterocycles. The molecule has 0 aromatic carbocycles. The fourth-order valence-electron chi connectivity index (χ4n) is 2.93. The van der Waals surface area contributed by atoms with Crippen molar-refractivity contribution in [2.24, 2.45) is 0 Å². The third-order valence-corrected chi connectivity index (χ3v) is 4.47. The van der Waals surface area contributed by atoms with Gasteiger partial charge in [0.15, 0.2) is 0 Å². The Kier molecular flexibility index (Phi) is 4.37. The topological polar surface area (TPSA) is 65.8 Å². The molecule has 1 aliphatic carbocycles. The first-order chi connectivity index (χ1) is 9.85. The van der Waals surface area contributed by atoms with E-state index in [1.165, 1.54) is 11.0 Å². The van der Waals surface area contributed by atoms with Gasteiger partial charge < -0.3 is 19.5 Å². The molecule has 1 aliphatic rings. The van der Waals surface area contributed by atoms with Crippen molar-refractivity contribution < 1.29 is 14.7 Å². The van der Waals surface area contributed by atoms with E-state index in [9.17, 15) is 9.59 Å². The minimum atomic E-state index is -0.952. The largest absolute Gasteiger partial charge is 0.480 e. The Morgan fingerprint density at radius 3 is 2.48 bits per heavy atom. The highest BCUT2D eigenvalue weighted by molar-refractivity contribution is 5.93. The van der Waals surface area contributed by atoms with Crippen molar-refractivity contribution in [3.8, 4) is 0 Å². The molecule has 6 nitrogen and oxygen atoms in total. The zero-order chi connectivity index (χ0) is 15.6. The number of carbonyl (C=O) groups excluding carboxylic acids is 1. The number of rotatable bonds is 6. The van der Waals surface area contributed by atoms with Crippen LogP contribution in [0.15, 0.2) is 18.3 Å². The first kappa shape index (κ1) is 15.6. The summed E-state index contributed by atoms with van der Waals surface area (Å²) in [5.41, 5.74) is 0.488. The van der Waals surface area contributed by atoms with Crippen LogP contribution in [0.1, 0.15) is 29.8 Å². The van der Waals surface area contributed by atoms with Gasteiger partial charge in [0.2, 0.25) is 0 Å². The summed E-state index contributed by atoms with van der Waals surface area (Å²) in [7, 11) is 5.87. The molecule has 0 atom stereocenters. The van der Waals surface area contributed by atoms with E-state index in [0.717, 1.165) is 12.8 Å². The Hall–Kier alpha value is -1.82. The highest BCUT2D eigenvalue weighted by Crippen LogP contribution is 2.36. The molecule has 1 amide bonds. The van der Waals surface area contributed by atoms with E-state index in [-0.39, 0.29) is 18.0 Å². The van der Waals surface area contributed by atoms with E-state index in [4.69, 9.17) is 5.11 Å². The van der Waals surface area contributed by atoms with Crippen molar-refractivity contribution in [2.45, 2.75) is 31.3 Å². The van der Waals surface area contributed by atoms with Gasteiger partial charge in [-0.1, -0.05) is 0 Å². The summed E-state index contributed by atoms with van der Waals surface area (Å²) < 4.78 is 1.48. The van der Waals surface area contributed by atoms with Crippen molar-refractivity contribution >= 4 is 11.9 Å². The maximum Gasteiger partial charge on any atom is 0.323 e. The number of aromatic nitrogens is 1. The molecule has 1 N–H and O–H groups in total. The predicted octanol–water partition coefficient (Wildman–Crippen LogP) is 1.13. The van der Waals surface area contributed by atoms with Gasteiger partial charge in [0.05, 0.1) is 0 Å². The van der Waals surface area contributed by atoms with Gasteiger partial charge in [0.25, 0.3) is 5.91 Å². The molecule has 0 aliphatic heterocycles. The van der Waals surface area contributed by atoms with Crippen LogP contribution in [0.2, 0.25) is 0 Å². The molecule has 0 saturated heterocycles. The van der Waals surface area contributed by atoms with E-state index < -0.39 is 5.97 Å². The number of hydrogen-bond acceptors (Lipinski definition) is 3. The number of hydrogen-bond donors (Lipinski definition) is 1. The third-order valence-electron chi connectivity index (χ3n) is 4.47. The summed E-state index contributed by atoms with van der Waals surface area (Å²) in [6.07, 6.45) is 5.00. The van der Waals surface area contributed by atoms with Crippen molar-refractivity contribution in [3.05, 3.63) is 24.0 Å². The van der Waals surface area contributed by atoms with Gasteiger partial charge in [-0.2, -0.15) is 0 Å². The fraction of sp³-hybridized carbons (Fsp3) is 0.600. The molecule has 116 valence electrons. The number of carbonyl (C=O) groups is 2. The van der Waals surface area contributed by atoms with Gasteiger partial charge in [0.1, 0.15) is 12.2 Å². The molecule has 0 unspecified atom stereocenters. The van der Waals surface area contributed by atoms with E-state index >= 15 is 0 Å². The zero-order valence-electron chi connectivity index (χ0n) is 12.9. The zero-order valence-corrected chi connectivity index (χ0v) is 12.9. The smallest absolute Gasteiger partial charge is 0.323 e. The minimum absolute atomic E-state index is 0.0641. The van der Waals surface area contributed by atoms with Gasteiger partial charge in [-0.25, -0.2) is 0 Å². The Balaban J connectivity index is 2.09. The lowest BCUT2D eigenvalue weighted by Crippen LogP contribution is -2.57. The summed E-state index contributed by atoms with van der Waals surface area (Å²) in [6.45, 7) is 0.470. The summed E-state index contributed by atoms with van der Waals surface area (Å²) >= 11 is 0. The lowest BCUT2D eigenvalue weighted by atomic mass is 9.75. The van der Waals surface area contributed by atoms with E-state index in [1.807, 2.05) is 14.1 Å². The number of nitrogens with zero attached hydrogens (tertiary/aromatic N) is 3. The monoisotopic (exact) mass is 293 g/mol. The first-order valence-electron chi connectivity index (χ1n) is 7.15. The molecule has 21 heavy (non-hydrogen) atoms. The third kappa shape index (κ3) is 3.10. The molecule has 1 aromatic heterocycles. The van der Waals surface area contributed by atoms with E-state index in [2.05, 4.69) is 4.90 Å². The van der Waals surface area contributed by atoms with Crippen LogP contribution in [0.3, 0.4) is 0 Å². The molecular weight excluding hydrogens is 270 g/mol. The van der Waals surface area contributed by atoms with Crippen molar-refractivity contribution in [1.82, 2.24) is 14.4 Å². The Labute approximate surface area is 124 Å². The molecule has 1 saturated carbocycles. The second-order valence-corrected chi connectivity index (χ2v) is 6.05. The molecule has 1 aromatic rings. The SMILES string of the molecule is CN(CC1(N(C)C)CCC1)C(=O)c1cccn1CC(=O)O. The fourth-order valence-corrected chi connectivity index (χ4v) is 2.93. The average molecular weight is 293 g/mol. The second kappa shape index (κ2) is 5.89. The highest BCUT2D eigenvalue weighted by Gasteiger charge is 2.40. The molecule has 2 rings (SSSR count). The Bertz CT molecular complexity index is 532. The number of likely N-dealkylation sites (N-methyl/N-ethyl adjacent to an activating group) is 2. The molecule has 0 bridgehead atoms. The number of aliphatic carboxylic acids is 1. The lowest BCUT2D eigenvalue weighted by Gasteiger charge is -2.49. The summed E-state index contributed by atoms with van der Waals surface area (Å²) in [6, 6.07) is 3.37. The lowest BCUT2D eigenvalue weighted by molar-refractivity contribution is -0.137. The summed E-state index contributed by atoms with van der Waals surface area (Å²) in [5.74, 6) is -1.08.